The number of carbonyl (C=O) groups is 2. The van der Waals surface area contributed by atoms with Crippen molar-refractivity contribution in [2.45, 2.75) is 51.0 Å². The molecule has 0 saturated carbocycles. The van der Waals surface area contributed by atoms with E-state index in [0.717, 1.165) is 0 Å². The second-order valence-corrected chi connectivity index (χ2v) is 11.0. The minimum absolute atomic E-state index is 0.0584. The summed E-state index contributed by atoms with van der Waals surface area (Å²) in [6.07, 6.45) is -6.15. The molecule has 46 heavy (non-hydrogen) atoms. The molecule has 242 valence electrons. The van der Waals surface area contributed by atoms with Crippen LogP contribution in [0.15, 0.2) is 69.9 Å². The maximum Gasteiger partial charge on any atom is 0.404 e. The zero-order chi connectivity index (χ0) is 33.3. The number of aliphatic hydroxyl groups excluding tert-OH is 1. The number of aryl methyl sites for hydroxylation is 1. The number of aliphatic hydroxyl groups is 1. The molecule has 1 aliphatic rings. The van der Waals surface area contributed by atoms with Crippen LogP contribution in [-0.4, -0.2) is 59.5 Å². The number of rotatable bonds is 8. The summed E-state index contributed by atoms with van der Waals surface area (Å²) >= 11 is 0. The molecule has 13 nitrogen and oxygen atoms in total. The molecule has 1 aliphatic heterocycles. The van der Waals surface area contributed by atoms with E-state index in [1.165, 1.54) is 55.6 Å². The van der Waals surface area contributed by atoms with E-state index in [9.17, 15) is 29.0 Å². The van der Waals surface area contributed by atoms with E-state index < -0.39 is 65.1 Å². The van der Waals surface area contributed by atoms with Gasteiger partial charge in [0.25, 0.3) is 5.91 Å². The lowest BCUT2D eigenvalue weighted by atomic mass is 9.89. The molecule has 5 N–H and O–H groups in total. The van der Waals surface area contributed by atoms with Gasteiger partial charge in [0.1, 0.15) is 34.8 Å². The smallest absolute Gasteiger partial charge is 0.404 e. The van der Waals surface area contributed by atoms with Crippen molar-refractivity contribution < 1.29 is 52.3 Å². The van der Waals surface area contributed by atoms with Gasteiger partial charge in [0.05, 0.1) is 11.0 Å². The van der Waals surface area contributed by atoms with Gasteiger partial charge in [0.2, 0.25) is 6.29 Å². The van der Waals surface area contributed by atoms with E-state index >= 15 is 0 Å². The Morgan fingerprint density at radius 2 is 1.78 bits per heavy atom. The summed E-state index contributed by atoms with van der Waals surface area (Å²) in [6, 6.07) is 14.1. The predicted molar refractivity (Wildman–Crippen MR) is 161 cm³/mol. The Bertz CT molecular complexity index is 1840. The van der Waals surface area contributed by atoms with E-state index in [-0.39, 0.29) is 33.6 Å². The van der Waals surface area contributed by atoms with Crippen molar-refractivity contribution >= 4 is 28.7 Å². The minimum atomic E-state index is -1.53. The van der Waals surface area contributed by atoms with E-state index in [4.69, 9.17) is 33.8 Å². The maximum atomic E-state index is 13.2. The Hall–Kier alpha value is -5.18. The van der Waals surface area contributed by atoms with Crippen LogP contribution in [0.25, 0.3) is 11.0 Å². The van der Waals surface area contributed by atoms with Gasteiger partial charge in [0.15, 0.2) is 23.6 Å². The largest absolute Gasteiger partial charge is 0.505 e. The number of primary amides is 1. The number of ether oxygens (including phenoxy) is 5. The second-order valence-electron chi connectivity index (χ2n) is 11.0. The fourth-order valence-corrected chi connectivity index (χ4v) is 5.20. The molecule has 2 amide bonds. The fourth-order valence-electron chi connectivity index (χ4n) is 5.20. The number of hydrogen-bond acceptors (Lipinski definition) is 11. The standard InChI is InChI=1S/C32H31FN2O11/c1-15-21(43-30-24(37)26(45-31(34)40)27(41-4)32(2,3)46-30)13-12-20-23(36)22(29(39)44-25(15)20)35-28(38)16-6-5-7-19(14-16)42-18-10-8-17(33)9-11-18/h5-14,24,26-27,30,36-37H,1-4H3,(H2,34,40)(H,35,38)/t24-,26+,27-,30-/m1/s1. The molecular weight excluding hydrogens is 607 g/mol. The minimum Gasteiger partial charge on any atom is -0.505 e. The molecule has 1 saturated heterocycles. The number of fused-ring (bicyclic) bond motifs is 1. The summed E-state index contributed by atoms with van der Waals surface area (Å²) < 4.78 is 46.7. The summed E-state index contributed by atoms with van der Waals surface area (Å²) in [5.74, 6) is -0.995. The number of amides is 2. The number of anilines is 1. The average Bonchev–Trinajstić information content (AvgIpc) is 3.00. The molecule has 4 atom stereocenters. The van der Waals surface area contributed by atoms with E-state index in [0.29, 0.717) is 5.75 Å². The van der Waals surface area contributed by atoms with Gasteiger partial charge in [-0.05, 0) is 75.4 Å². The Balaban J connectivity index is 1.39. The van der Waals surface area contributed by atoms with Gasteiger partial charge < -0.3 is 49.4 Å². The number of nitrogens with one attached hydrogen (secondary N) is 1. The van der Waals surface area contributed by atoms with Crippen LogP contribution in [0.2, 0.25) is 0 Å². The molecule has 5 rings (SSSR count). The fraction of sp³-hybridized carbons (Fsp3) is 0.281. The number of hydrogen-bond donors (Lipinski definition) is 4. The van der Waals surface area contributed by atoms with Gasteiger partial charge in [-0.3, -0.25) is 4.79 Å². The predicted octanol–water partition coefficient (Wildman–Crippen LogP) is 4.34. The third-order valence-electron chi connectivity index (χ3n) is 7.40. The highest BCUT2D eigenvalue weighted by Crippen LogP contribution is 2.38. The lowest BCUT2D eigenvalue weighted by molar-refractivity contribution is -0.304. The molecule has 0 unspecified atom stereocenters. The Morgan fingerprint density at radius 1 is 1.07 bits per heavy atom. The molecule has 0 spiro atoms. The molecule has 0 radical (unpaired) electrons. The molecule has 1 aromatic heterocycles. The quantitative estimate of drug-likeness (QED) is 0.201. The maximum absolute atomic E-state index is 13.2. The SMILES string of the molecule is CO[C@@H]1[C@@H](OC(N)=O)[C@@H](O)[C@H](Oc2ccc3c(O)c(NC(=O)c4cccc(Oc5ccc(F)cc5)c4)c(=O)oc3c2C)OC1(C)C. The number of aromatic hydroxyl groups is 1. The second kappa shape index (κ2) is 12.7. The summed E-state index contributed by atoms with van der Waals surface area (Å²) in [4.78, 5) is 37.6. The van der Waals surface area contributed by atoms with Crippen molar-refractivity contribution in [2.75, 3.05) is 12.4 Å². The summed E-state index contributed by atoms with van der Waals surface area (Å²) in [7, 11) is 1.36. The van der Waals surface area contributed by atoms with Crippen LogP contribution in [0.5, 0.6) is 23.0 Å². The van der Waals surface area contributed by atoms with Crippen LogP contribution < -0.4 is 26.1 Å². The van der Waals surface area contributed by atoms with Crippen LogP contribution in [0.1, 0.15) is 29.8 Å². The van der Waals surface area contributed by atoms with Gasteiger partial charge in [-0.2, -0.15) is 0 Å². The Kier molecular flexibility index (Phi) is 8.87. The van der Waals surface area contributed by atoms with E-state index in [2.05, 4.69) is 5.32 Å². The van der Waals surface area contributed by atoms with Crippen molar-refractivity contribution in [3.8, 4) is 23.0 Å². The zero-order valence-corrected chi connectivity index (χ0v) is 25.1. The van der Waals surface area contributed by atoms with Gasteiger partial charge in [-0.25, -0.2) is 14.0 Å². The van der Waals surface area contributed by atoms with Crippen LogP contribution in [0, 0.1) is 12.7 Å². The Morgan fingerprint density at radius 3 is 2.46 bits per heavy atom. The number of halogens is 1. The first-order valence-electron chi connectivity index (χ1n) is 13.9. The van der Waals surface area contributed by atoms with Gasteiger partial charge in [0, 0.05) is 18.2 Å². The number of carbonyl (C=O) groups excluding carboxylic acids is 2. The van der Waals surface area contributed by atoms with E-state index in [1.807, 2.05) is 0 Å². The van der Waals surface area contributed by atoms with Crippen LogP contribution >= 0.6 is 0 Å². The third kappa shape index (κ3) is 6.44. The molecular formula is C32H31FN2O11. The molecule has 14 heteroatoms. The normalized spacial score (nSPS) is 20.6. The molecule has 2 heterocycles. The first-order chi connectivity index (χ1) is 21.8. The van der Waals surface area contributed by atoms with Crippen LogP contribution in [-0.2, 0) is 14.2 Å². The van der Waals surface area contributed by atoms with Crippen molar-refractivity contribution in [2.24, 2.45) is 5.73 Å². The molecule has 4 aromatic rings. The summed E-state index contributed by atoms with van der Waals surface area (Å²) in [5.41, 5.74) is 2.84. The third-order valence-corrected chi connectivity index (χ3v) is 7.40. The molecule has 3 aromatic carbocycles. The van der Waals surface area contributed by atoms with Crippen molar-refractivity contribution in [3.63, 3.8) is 0 Å². The van der Waals surface area contributed by atoms with Gasteiger partial charge in [-0.15, -0.1) is 0 Å². The lowest BCUT2D eigenvalue weighted by Crippen LogP contribution is -2.65. The Labute approximate surface area is 261 Å². The van der Waals surface area contributed by atoms with Crippen molar-refractivity contribution in [3.05, 3.63) is 88.0 Å². The monoisotopic (exact) mass is 638 g/mol. The topological polar surface area (TPSA) is 189 Å². The first-order valence-corrected chi connectivity index (χ1v) is 13.9. The highest BCUT2D eigenvalue weighted by Gasteiger charge is 2.53. The highest BCUT2D eigenvalue weighted by atomic mass is 19.1. The van der Waals surface area contributed by atoms with E-state index in [1.54, 1.807) is 32.9 Å². The number of benzene rings is 3. The molecule has 0 aliphatic carbocycles. The lowest BCUT2D eigenvalue weighted by Gasteiger charge is -2.47. The van der Waals surface area contributed by atoms with Crippen molar-refractivity contribution in [1.82, 2.24) is 0 Å². The summed E-state index contributed by atoms with van der Waals surface area (Å²) in [6.45, 7) is 4.84. The molecule has 0 bridgehead atoms. The number of nitrogens with two attached hydrogens (primary N) is 1. The van der Waals surface area contributed by atoms with Gasteiger partial charge in [-0.1, -0.05) is 6.07 Å². The highest BCUT2D eigenvalue weighted by molar-refractivity contribution is 6.06. The van der Waals surface area contributed by atoms with Crippen molar-refractivity contribution in [1.29, 1.82) is 0 Å². The summed E-state index contributed by atoms with van der Waals surface area (Å²) in [5, 5.41) is 24.4. The number of methoxy groups -OCH3 is 1. The van der Waals surface area contributed by atoms with Crippen LogP contribution in [0.3, 0.4) is 0 Å². The van der Waals surface area contributed by atoms with Crippen LogP contribution in [0.4, 0.5) is 14.9 Å². The zero-order valence-electron chi connectivity index (χ0n) is 25.1. The average molecular weight is 639 g/mol. The first kappa shape index (κ1) is 32.2. The molecule has 1 fully saturated rings. The van der Waals surface area contributed by atoms with Gasteiger partial charge >= 0.3 is 11.7 Å².